The van der Waals surface area contributed by atoms with Crippen molar-refractivity contribution < 1.29 is 23.8 Å². The normalized spacial score (nSPS) is 14.4. The second-order valence-electron chi connectivity index (χ2n) is 7.42. The first-order valence-corrected chi connectivity index (χ1v) is 9.88. The number of aryl methyl sites for hydroxylation is 1. The predicted molar refractivity (Wildman–Crippen MR) is 114 cm³/mol. The van der Waals surface area contributed by atoms with E-state index >= 15 is 0 Å². The van der Waals surface area contributed by atoms with Crippen LogP contribution in [0.2, 0.25) is 0 Å². The van der Waals surface area contributed by atoms with Crippen LogP contribution >= 0.6 is 0 Å². The fourth-order valence-electron chi connectivity index (χ4n) is 4.12. The Hall–Kier alpha value is -4.40. The second kappa shape index (κ2) is 6.55. The van der Waals surface area contributed by atoms with E-state index in [0.717, 1.165) is 16.3 Å². The van der Waals surface area contributed by atoms with Gasteiger partial charge in [-0.1, -0.05) is 0 Å². The van der Waals surface area contributed by atoms with Crippen molar-refractivity contribution in [3.63, 3.8) is 0 Å². The Morgan fingerprint density at radius 3 is 2.50 bits per heavy atom. The first kappa shape index (κ1) is 18.4. The van der Waals surface area contributed by atoms with E-state index < -0.39 is 11.8 Å². The number of amides is 2. The van der Waals surface area contributed by atoms with Gasteiger partial charge in [-0.3, -0.25) is 9.59 Å². The van der Waals surface area contributed by atoms with Crippen molar-refractivity contribution in [3.05, 3.63) is 65.5 Å². The number of hydrogen-bond donors (Lipinski definition) is 0. The first-order chi connectivity index (χ1) is 15.6. The lowest BCUT2D eigenvalue weighted by Gasteiger charge is -2.14. The molecule has 32 heavy (non-hydrogen) atoms. The van der Waals surface area contributed by atoms with Gasteiger partial charge >= 0.3 is 0 Å². The third kappa shape index (κ3) is 2.45. The number of carbonyl (C=O) groups excluding carboxylic acids is 2. The minimum absolute atomic E-state index is 0.106. The molecule has 0 aliphatic carbocycles. The van der Waals surface area contributed by atoms with Crippen LogP contribution < -0.4 is 19.1 Å². The molecule has 0 radical (unpaired) electrons. The van der Waals surface area contributed by atoms with E-state index in [1.165, 1.54) is 6.20 Å². The van der Waals surface area contributed by atoms with Crippen molar-refractivity contribution in [2.24, 2.45) is 0 Å². The highest BCUT2D eigenvalue weighted by atomic mass is 16.7. The maximum atomic E-state index is 13.5. The van der Waals surface area contributed by atoms with Crippen LogP contribution in [0.25, 0.3) is 16.7 Å². The molecule has 0 spiro atoms. The van der Waals surface area contributed by atoms with E-state index in [1.807, 2.05) is 24.3 Å². The Morgan fingerprint density at radius 1 is 0.969 bits per heavy atom. The maximum absolute atomic E-state index is 13.5. The Labute approximate surface area is 181 Å². The SMILES string of the molecule is COc1ccc(-n2nc(C)c3c4c(cnc32)C(=O)N(c2ccc3c(c2)OCO3)C4=O)cc1. The Balaban J connectivity index is 1.49. The highest BCUT2D eigenvalue weighted by Crippen LogP contribution is 2.39. The lowest BCUT2D eigenvalue weighted by Crippen LogP contribution is -2.29. The molecule has 0 fully saturated rings. The highest BCUT2D eigenvalue weighted by Gasteiger charge is 2.40. The van der Waals surface area contributed by atoms with Crippen LogP contribution in [0.5, 0.6) is 17.2 Å². The van der Waals surface area contributed by atoms with Gasteiger partial charge in [0.05, 0.1) is 40.7 Å². The summed E-state index contributed by atoms with van der Waals surface area (Å²) >= 11 is 0. The van der Waals surface area contributed by atoms with E-state index in [-0.39, 0.29) is 12.4 Å². The molecular weight excluding hydrogens is 412 g/mol. The summed E-state index contributed by atoms with van der Waals surface area (Å²) in [6.07, 6.45) is 1.44. The maximum Gasteiger partial charge on any atom is 0.267 e. The van der Waals surface area contributed by atoms with Crippen molar-refractivity contribution in [1.29, 1.82) is 0 Å². The van der Waals surface area contributed by atoms with E-state index in [0.29, 0.717) is 39.5 Å². The summed E-state index contributed by atoms with van der Waals surface area (Å²) in [5, 5.41) is 5.15. The molecule has 2 aliphatic heterocycles. The lowest BCUT2D eigenvalue weighted by atomic mass is 10.1. The van der Waals surface area contributed by atoms with Crippen LogP contribution in [0, 0.1) is 6.92 Å². The molecule has 158 valence electrons. The number of carbonyl (C=O) groups is 2. The zero-order valence-electron chi connectivity index (χ0n) is 17.2. The standard InChI is InChI=1S/C23H16N4O5/c1-12-19-20-16(10-24-21(19)27(25-12)13-3-6-15(30-2)7-4-13)22(28)26(23(20)29)14-5-8-17-18(9-14)32-11-31-17/h3-10H,11H2,1-2H3. The van der Waals surface area contributed by atoms with Gasteiger partial charge in [0.25, 0.3) is 11.8 Å². The number of benzene rings is 2. The van der Waals surface area contributed by atoms with Crippen molar-refractivity contribution in [1.82, 2.24) is 14.8 Å². The molecule has 9 nitrogen and oxygen atoms in total. The molecule has 0 unspecified atom stereocenters. The van der Waals surface area contributed by atoms with Gasteiger partial charge in [0.2, 0.25) is 6.79 Å². The summed E-state index contributed by atoms with van der Waals surface area (Å²) in [5.41, 5.74) is 2.83. The topological polar surface area (TPSA) is 95.8 Å². The summed E-state index contributed by atoms with van der Waals surface area (Å²) in [4.78, 5) is 32.2. The summed E-state index contributed by atoms with van der Waals surface area (Å²) in [7, 11) is 1.60. The molecule has 0 atom stereocenters. The van der Waals surface area contributed by atoms with Crippen LogP contribution in [0.4, 0.5) is 5.69 Å². The van der Waals surface area contributed by atoms with Crippen LogP contribution in [0.15, 0.2) is 48.7 Å². The van der Waals surface area contributed by atoms with E-state index in [1.54, 1.807) is 36.9 Å². The van der Waals surface area contributed by atoms with E-state index in [4.69, 9.17) is 14.2 Å². The average molecular weight is 428 g/mol. The van der Waals surface area contributed by atoms with Gasteiger partial charge in [-0.2, -0.15) is 5.10 Å². The minimum atomic E-state index is -0.435. The molecule has 9 heteroatoms. The molecule has 4 aromatic rings. The number of imide groups is 1. The molecule has 2 aromatic carbocycles. The van der Waals surface area contributed by atoms with Crippen molar-refractivity contribution in [3.8, 4) is 22.9 Å². The Bertz CT molecular complexity index is 1440. The van der Waals surface area contributed by atoms with E-state index in [9.17, 15) is 9.59 Å². The van der Waals surface area contributed by atoms with Crippen LogP contribution in [-0.2, 0) is 0 Å². The molecule has 4 heterocycles. The average Bonchev–Trinajstić information content (AvgIpc) is 3.48. The van der Waals surface area contributed by atoms with E-state index in [2.05, 4.69) is 10.1 Å². The lowest BCUT2D eigenvalue weighted by molar-refractivity contribution is 0.0926. The molecule has 0 bridgehead atoms. The zero-order valence-corrected chi connectivity index (χ0v) is 17.2. The third-order valence-corrected chi connectivity index (χ3v) is 5.65. The Kier molecular flexibility index (Phi) is 3.76. The number of pyridine rings is 1. The van der Waals surface area contributed by atoms with Crippen molar-refractivity contribution in [2.45, 2.75) is 6.92 Å². The molecule has 2 aliphatic rings. The number of ether oxygens (including phenoxy) is 3. The van der Waals surface area contributed by atoms with Gasteiger partial charge in [0, 0.05) is 12.3 Å². The number of methoxy groups -OCH3 is 1. The molecule has 0 saturated carbocycles. The molecule has 0 N–H and O–H groups in total. The molecular formula is C23H16N4O5. The first-order valence-electron chi connectivity index (χ1n) is 9.88. The molecule has 2 amide bonds. The van der Waals surface area contributed by atoms with Crippen molar-refractivity contribution >= 4 is 28.5 Å². The van der Waals surface area contributed by atoms with Gasteiger partial charge in [0.1, 0.15) is 5.75 Å². The van der Waals surface area contributed by atoms with Gasteiger partial charge in [-0.15, -0.1) is 0 Å². The number of fused-ring (bicyclic) bond motifs is 4. The number of hydrogen-bond acceptors (Lipinski definition) is 7. The fourth-order valence-corrected chi connectivity index (χ4v) is 4.12. The van der Waals surface area contributed by atoms with Gasteiger partial charge in [0.15, 0.2) is 17.1 Å². The number of anilines is 1. The largest absolute Gasteiger partial charge is 0.497 e. The van der Waals surface area contributed by atoms with Crippen LogP contribution in [-0.4, -0.2) is 40.5 Å². The Morgan fingerprint density at radius 2 is 1.72 bits per heavy atom. The number of nitrogens with zero attached hydrogens (tertiary/aromatic N) is 4. The van der Waals surface area contributed by atoms with Crippen LogP contribution in [0.1, 0.15) is 26.4 Å². The quantitative estimate of drug-likeness (QED) is 0.462. The third-order valence-electron chi connectivity index (χ3n) is 5.65. The zero-order chi connectivity index (χ0) is 22.0. The van der Waals surface area contributed by atoms with Gasteiger partial charge in [-0.25, -0.2) is 14.6 Å². The molecule has 6 rings (SSSR count). The smallest absolute Gasteiger partial charge is 0.267 e. The second-order valence-corrected chi connectivity index (χ2v) is 7.42. The number of rotatable bonds is 3. The monoisotopic (exact) mass is 428 g/mol. The van der Waals surface area contributed by atoms with Crippen LogP contribution in [0.3, 0.4) is 0 Å². The number of aromatic nitrogens is 3. The summed E-state index contributed by atoms with van der Waals surface area (Å²) < 4.78 is 17.6. The van der Waals surface area contributed by atoms with Gasteiger partial charge < -0.3 is 14.2 Å². The highest BCUT2D eigenvalue weighted by molar-refractivity contribution is 6.37. The van der Waals surface area contributed by atoms with Gasteiger partial charge in [-0.05, 0) is 43.3 Å². The summed E-state index contributed by atoms with van der Waals surface area (Å²) in [6.45, 7) is 1.90. The minimum Gasteiger partial charge on any atom is -0.497 e. The van der Waals surface area contributed by atoms with Crippen molar-refractivity contribution in [2.75, 3.05) is 18.8 Å². The molecule has 2 aromatic heterocycles. The summed E-state index contributed by atoms with van der Waals surface area (Å²) in [5.74, 6) is 0.927. The molecule has 0 saturated heterocycles. The predicted octanol–water partition coefficient (Wildman–Crippen LogP) is 3.27. The summed E-state index contributed by atoms with van der Waals surface area (Å²) in [6, 6.07) is 12.3. The fraction of sp³-hybridized carbons (Fsp3) is 0.130.